The van der Waals surface area contributed by atoms with E-state index in [1.807, 2.05) is 24.0 Å². The third kappa shape index (κ3) is 2.51. The van der Waals surface area contributed by atoms with Gasteiger partial charge in [0.2, 0.25) is 5.95 Å². The van der Waals surface area contributed by atoms with Crippen LogP contribution in [0.3, 0.4) is 0 Å². The minimum atomic E-state index is 0.190. The highest BCUT2D eigenvalue weighted by atomic mass is 15.2. The molecule has 2 aromatic rings. The summed E-state index contributed by atoms with van der Waals surface area (Å²) in [5, 5.41) is 0. The summed E-state index contributed by atoms with van der Waals surface area (Å²) >= 11 is 0. The molecule has 2 rings (SSSR count). The van der Waals surface area contributed by atoms with Gasteiger partial charge in [0.1, 0.15) is 11.6 Å². The van der Waals surface area contributed by atoms with Gasteiger partial charge in [0.15, 0.2) is 0 Å². The van der Waals surface area contributed by atoms with Crippen molar-refractivity contribution in [2.75, 3.05) is 22.9 Å². The number of aryl methyl sites for hydroxylation is 1. The molecule has 0 atom stereocenters. The molecule has 0 spiro atoms. The van der Waals surface area contributed by atoms with Crippen molar-refractivity contribution in [1.29, 1.82) is 0 Å². The largest absolute Gasteiger partial charge is 0.383 e. The van der Waals surface area contributed by atoms with Crippen LogP contribution >= 0.6 is 0 Å². The van der Waals surface area contributed by atoms with Crippen LogP contribution in [0.1, 0.15) is 12.5 Å². The molecule has 0 saturated carbocycles. The molecular formula is C13H17N5. The molecule has 0 fully saturated rings. The van der Waals surface area contributed by atoms with Crippen molar-refractivity contribution in [3.8, 4) is 0 Å². The summed E-state index contributed by atoms with van der Waals surface area (Å²) in [6.45, 7) is 4.88. The van der Waals surface area contributed by atoms with Gasteiger partial charge >= 0.3 is 0 Å². The minimum absolute atomic E-state index is 0.190. The summed E-state index contributed by atoms with van der Waals surface area (Å²) in [6.07, 6.45) is 0. The Labute approximate surface area is 106 Å². The van der Waals surface area contributed by atoms with Crippen molar-refractivity contribution < 1.29 is 0 Å². The van der Waals surface area contributed by atoms with Crippen LogP contribution < -0.4 is 16.4 Å². The third-order valence-electron chi connectivity index (χ3n) is 2.69. The lowest BCUT2D eigenvalue weighted by atomic mass is 10.2. The van der Waals surface area contributed by atoms with Crippen LogP contribution in [0.5, 0.6) is 0 Å². The Hall–Kier alpha value is -2.30. The number of rotatable bonds is 3. The maximum Gasteiger partial charge on any atom is 0.223 e. The van der Waals surface area contributed by atoms with Gasteiger partial charge in [-0.1, -0.05) is 17.7 Å². The fourth-order valence-corrected chi connectivity index (χ4v) is 1.81. The van der Waals surface area contributed by atoms with Crippen LogP contribution in [0.2, 0.25) is 0 Å². The topological polar surface area (TPSA) is 81.1 Å². The van der Waals surface area contributed by atoms with Crippen LogP contribution in [0.4, 0.5) is 23.3 Å². The molecule has 0 amide bonds. The summed E-state index contributed by atoms with van der Waals surface area (Å²) < 4.78 is 0. The summed E-state index contributed by atoms with van der Waals surface area (Å²) in [5.74, 6) is 1.28. The Bertz CT molecular complexity index is 515. The van der Waals surface area contributed by atoms with Crippen molar-refractivity contribution in [2.24, 2.45) is 0 Å². The first-order chi connectivity index (χ1) is 8.60. The molecule has 0 aliphatic heterocycles. The molecule has 1 aromatic carbocycles. The van der Waals surface area contributed by atoms with Gasteiger partial charge in [-0.25, -0.2) is 0 Å². The minimum Gasteiger partial charge on any atom is -0.383 e. The lowest BCUT2D eigenvalue weighted by molar-refractivity contribution is 0.982. The maximum absolute atomic E-state index is 5.70. The molecule has 94 valence electrons. The molecule has 0 radical (unpaired) electrons. The molecule has 4 N–H and O–H groups in total. The Balaban J connectivity index is 2.41. The molecule has 0 aliphatic carbocycles. The molecule has 0 aliphatic rings. The number of hydrogen-bond donors (Lipinski definition) is 2. The molecule has 18 heavy (non-hydrogen) atoms. The zero-order valence-corrected chi connectivity index (χ0v) is 10.6. The number of anilines is 4. The van der Waals surface area contributed by atoms with Gasteiger partial charge < -0.3 is 16.4 Å². The number of hydrogen-bond acceptors (Lipinski definition) is 5. The normalized spacial score (nSPS) is 10.3. The molecule has 0 saturated heterocycles. The van der Waals surface area contributed by atoms with Crippen LogP contribution in [0.25, 0.3) is 0 Å². The number of nitrogens with two attached hydrogens (primary N) is 2. The second-order valence-corrected chi connectivity index (χ2v) is 4.09. The van der Waals surface area contributed by atoms with Crippen LogP contribution in [0.15, 0.2) is 30.3 Å². The van der Waals surface area contributed by atoms with E-state index in [1.165, 1.54) is 5.56 Å². The quantitative estimate of drug-likeness (QED) is 0.862. The highest BCUT2D eigenvalue weighted by Gasteiger charge is 2.10. The molecule has 0 unspecified atom stereocenters. The smallest absolute Gasteiger partial charge is 0.223 e. The summed E-state index contributed by atoms with van der Waals surface area (Å²) in [5.41, 5.74) is 13.6. The molecule has 5 heteroatoms. The predicted molar refractivity (Wildman–Crippen MR) is 74.7 cm³/mol. The molecule has 1 aromatic heterocycles. The first-order valence-electron chi connectivity index (χ1n) is 5.84. The summed E-state index contributed by atoms with van der Waals surface area (Å²) in [6, 6.07) is 9.94. The number of nitrogen functional groups attached to an aromatic ring is 2. The lowest BCUT2D eigenvalue weighted by Crippen LogP contribution is -2.18. The van der Waals surface area contributed by atoms with Gasteiger partial charge in [0.25, 0.3) is 0 Å². The monoisotopic (exact) mass is 243 g/mol. The van der Waals surface area contributed by atoms with E-state index in [4.69, 9.17) is 11.5 Å². The standard InChI is InChI=1S/C13H17N5/c1-3-18(10-6-4-9(2)5-7-10)12-8-11(14)16-13(15)17-12/h4-8H,3H2,1-2H3,(H4,14,15,16,17). The van der Waals surface area contributed by atoms with E-state index in [2.05, 4.69) is 29.0 Å². The van der Waals surface area contributed by atoms with Crippen molar-refractivity contribution in [3.63, 3.8) is 0 Å². The lowest BCUT2D eigenvalue weighted by Gasteiger charge is -2.22. The van der Waals surface area contributed by atoms with Gasteiger partial charge in [-0.3, -0.25) is 0 Å². The second kappa shape index (κ2) is 4.91. The zero-order valence-electron chi connectivity index (χ0n) is 10.6. The summed E-state index contributed by atoms with van der Waals surface area (Å²) in [4.78, 5) is 10.1. The van der Waals surface area contributed by atoms with Gasteiger partial charge in [-0.15, -0.1) is 0 Å². The fraction of sp³-hybridized carbons (Fsp3) is 0.231. The van der Waals surface area contributed by atoms with E-state index in [1.54, 1.807) is 6.07 Å². The van der Waals surface area contributed by atoms with Crippen molar-refractivity contribution in [2.45, 2.75) is 13.8 Å². The highest BCUT2D eigenvalue weighted by molar-refractivity contribution is 5.63. The first kappa shape index (κ1) is 12.2. The average Bonchev–Trinajstić information content (AvgIpc) is 2.31. The maximum atomic E-state index is 5.70. The van der Waals surface area contributed by atoms with Crippen molar-refractivity contribution in [1.82, 2.24) is 9.97 Å². The van der Waals surface area contributed by atoms with E-state index >= 15 is 0 Å². The Kier molecular flexibility index (Phi) is 3.32. The Morgan fingerprint density at radius 3 is 2.33 bits per heavy atom. The van der Waals surface area contributed by atoms with Crippen LogP contribution in [-0.4, -0.2) is 16.5 Å². The average molecular weight is 243 g/mol. The van der Waals surface area contributed by atoms with E-state index < -0.39 is 0 Å². The van der Waals surface area contributed by atoms with Gasteiger partial charge in [-0.05, 0) is 26.0 Å². The first-order valence-corrected chi connectivity index (χ1v) is 5.84. The third-order valence-corrected chi connectivity index (χ3v) is 2.69. The van der Waals surface area contributed by atoms with Crippen molar-refractivity contribution in [3.05, 3.63) is 35.9 Å². The molecule has 1 heterocycles. The molecule has 0 bridgehead atoms. The number of benzene rings is 1. The Morgan fingerprint density at radius 1 is 1.11 bits per heavy atom. The van der Waals surface area contributed by atoms with Gasteiger partial charge in [0.05, 0.1) is 0 Å². The van der Waals surface area contributed by atoms with Crippen molar-refractivity contribution >= 4 is 23.3 Å². The zero-order chi connectivity index (χ0) is 13.1. The number of aromatic nitrogens is 2. The van der Waals surface area contributed by atoms with Crippen LogP contribution in [0, 0.1) is 6.92 Å². The van der Waals surface area contributed by atoms with E-state index in [0.717, 1.165) is 12.2 Å². The van der Waals surface area contributed by atoms with E-state index in [9.17, 15) is 0 Å². The van der Waals surface area contributed by atoms with Gasteiger partial charge in [0, 0.05) is 18.3 Å². The van der Waals surface area contributed by atoms with Crippen LogP contribution in [-0.2, 0) is 0 Å². The number of nitrogens with zero attached hydrogens (tertiary/aromatic N) is 3. The molecular weight excluding hydrogens is 226 g/mol. The fourth-order valence-electron chi connectivity index (χ4n) is 1.81. The molecule has 5 nitrogen and oxygen atoms in total. The Morgan fingerprint density at radius 2 is 1.78 bits per heavy atom. The summed E-state index contributed by atoms with van der Waals surface area (Å²) in [7, 11) is 0. The highest BCUT2D eigenvalue weighted by Crippen LogP contribution is 2.25. The van der Waals surface area contributed by atoms with E-state index in [-0.39, 0.29) is 5.95 Å². The predicted octanol–water partition coefficient (Wildman–Crippen LogP) is 2.11. The van der Waals surface area contributed by atoms with Gasteiger partial charge in [-0.2, -0.15) is 9.97 Å². The second-order valence-electron chi connectivity index (χ2n) is 4.09. The van der Waals surface area contributed by atoms with E-state index in [0.29, 0.717) is 11.6 Å². The SMILES string of the molecule is CCN(c1ccc(C)cc1)c1cc(N)nc(N)n1.